The molecule has 0 saturated heterocycles. The van der Waals surface area contributed by atoms with Gasteiger partial charge in [0.15, 0.2) is 0 Å². The summed E-state index contributed by atoms with van der Waals surface area (Å²) in [5.41, 5.74) is 0. The molecule has 0 aliphatic heterocycles. The number of hydrogen-bond acceptors (Lipinski definition) is 2. The fourth-order valence-electron chi connectivity index (χ4n) is 0.681. The van der Waals surface area contributed by atoms with Crippen molar-refractivity contribution in [2.75, 3.05) is 12.4 Å². The molecule has 0 aromatic carbocycles. The molecule has 1 heterocycles. The van der Waals surface area contributed by atoms with Crippen LogP contribution in [0.1, 0.15) is 6.42 Å². The summed E-state index contributed by atoms with van der Waals surface area (Å²) < 4.78 is 0. The Morgan fingerprint density at radius 1 is 1.55 bits per heavy atom. The molecule has 0 unspecified atom stereocenters. The van der Waals surface area contributed by atoms with E-state index in [-0.39, 0.29) is 6.61 Å². The van der Waals surface area contributed by atoms with Crippen LogP contribution < -0.4 is 0 Å². The molecule has 0 aliphatic rings. The molecule has 0 N–H and O–H groups in total. The van der Waals surface area contributed by atoms with E-state index >= 15 is 0 Å². The highest BCUT2D eigenvalue weighted by Gasteiger charge is 1.91. The summed E-state index contributed by atoms with van der Waals surface area (Å²) in [4.78, 5) is 5.10. The smallest absolute Gasteiger partial charge is 0.0830 e. The topological polar surface area (TPSA) is 32.8 Å². The molecule has 0 saturated carbocycles. The van der Waals surface area contributed by atoms with Gasteiger partial charge in [-0.3, -0.25) is 4.98 Å². The monoisotopic (exact) mass is 168 g/mol. The van der Waals surface area contributed by atoms with Crippen LogP contribution in [0.5, 0.6) is 0 Å². The number of pyridine rings is 1. The zero-order valence-corrected chi connectivity index (χ0v) is 7.01. The van der Waals surface area contributed by atoms with Gasteiger partial charge in [0.2, 0.25) is 0 Å². The van der Waals surface area contributed by atoms with Crippen molar-refractivity contribution in [3.8, 4) is 0 Å². The maximum Gasteiger partial charge on any atom is 0.0830 e. The van der Waals surface area contributed by atoms with Crippen LogP contribution in [0.15, 0.2) is 29.4 Å². The molecular formula is C8H10NOS. The lowest BCUT2D eigenvalue weighted by Crippen LogP contribution is -1.83. The number of aromatic nitrogens is 1. The van der Waals surface area contributed by atoms with Crippen LogP contribution in [0.3, 0.4) is 0 Å². The Balaban J connectivity index is 2.28. The van der Waals surface area contributed by atoms with Crippen LogP contribution in [0.25, 0.3) is 0 Å². The fraction of sp³-hybridized carbons (Fsp3) is 0.375. The lowest BCUT2D eigenvalue weighted by Gasteiger charge is -1.96. The maximum atomic E-state index is 10.1. The SMILES string of the molecule is [O]CCCSc1cccnc1. The van der Waals surface area contributed by atoms with E-state index in [1.165, 1.54) is 0 Å². The Bertz CT molecular complexity index is 191. The van der Waals surface area contributed by atoms with E-state index in [1.54, 1.807) is 18.0 Å². The molecule has 1 aromatic rings. The normalized spacial score (nSPS) is 9.91. The van der Waals surface area contributed by atoms with Gasteiger partial charge in [-0.1, -0.05) is 0 Å². The molecule has 0 bridgehead atoms. The van der Waals surface area contributed by atoms with Gasteiger partial charge in [-0.05, 0) is 18.6 Å². The maximum absolute atomic E-state index is 10.1. The Kier molecular flexibility index (Phi) is 4.01. The highest BCUT2D eigenvalue weighted by Crippen LogP contribution is 2.15. The molecule has 0 fully saturated rings. The lowest BCUT2D eigenvalue weighted by molar-refractivity contribution is 0.194. The number of rotatable bonds is 4. The Morgan fingerprint density at radius 2 is 2.45 bits per heavy atom. The summed E-state index contributed by atoms with van der Waals surface area (Å²) in [5.74, 6) is 0.898. The first-order valence-electron chi connectivity index (χ1n) is 3.54. The predicted molar refractivity (Wildman–Crippen MR) is 45.1 cm³/mol. The van der Waals surface area contributed by atoms with Gasteiger partial charge in [-0.2, -0.15) is 0 Å². The molecule has 1 radical (unpaired) electrons. The van der Waals surface area contributed by atoms with Gasteiger partial charge >= 0.3 is 0 Å². The van der Waals surface area contributed by atoms with Gasteiger partial charge in [0.1, 0.15) is 0 Å². The van der Waals surface area contributed by atoms with Gasteiger partial charge < -0.3 is 0 Å². The summed E-state index contributed by atoms with van der Waals surface area (Å²) in [5, 5.41) is 10.1. The minimum Gasteiger partial charge on any atom is -0.264 e. The van der Waals surface area contributed by atoms with Crippen LogP contribution in [0.2, 0.25) is 0 Å². The van der Waals surface area contributed by atoms with E-state index < -0.39 is 0 Å². The summed E-state index contributed by atoms with van der Waals surface area (Å²) in [6.07, 6.45) is 4.30. The van der Waals surface area contributed by atoms with E-state index in [9.17, 15) is 5.11 Å². The van der Waals surface area contributed by atoms with E-state index in [0.29, 0.717) is 0 Å². The lowest BCUT2D eigenvalue weighted by atomic mass is 10.5. The van der Waals surface area contributed by atoms with Crippen LogP contribution in [-0.4, -0.2) is 17.3 Å². The first kappa shape index (κ1) is 8.56. The van der Waals surface area contributed by atoms with Crippen molar-refractivity contribution in [1.82, 2.24) is 4.98 Å². The molecule has 3 heteroatoms. The molecule has 11 heavy (non-hydrogen) atoms. The molecule has 0 aliphatic carbocycles. The minimum absolute atomic E-state index is 0.0211. The van der Waals surface area contributed by atoms with E-state index in [0.717, 1.165) is 17.1 Å². The Morgan fingerprint density at radius 3 is 3.09 bits per heavy atom. The Labute approximate surface area is 70.7 Å². The van der Waals surface area contributed by atoms with Crippen LogP contribution >= 0.6 is 11.8 Å². The molecular weight excluding hydrogens is 158 g/mol. The van der Waals surface area contributed by atoms with Gasteiger partial charge in [-0.25, -0.2) is 5.11 Å². The van der Waals surface area contributed by atoms with E-state index in [2.05, 4.69) is 4.98 Å². The van der Waals surface area contributed by atoms with Crippen molar-refractivity contribution in [1.29, 1.82) is 0 Å². The summed E-state index contributed by atoms with van der Waals surface area (Å²) >= 11 is 1.68. The second-order valence-corrected chi connectivity index (χ2v) is 3.26. The van der Waals surface area contributed by atoms with E-state index in [1.807, 2.05) is 18.3 Å². The second kappa shape index (κ2) is 5.16. The molecule has 1 aromatic heterocycles. The average Bonchev–Trinajstić information content (AvgIpc) is 2.07. The highest BCUT2D eigenvalue weighted by molar-refractivity contribution is 7.99. The first-order chi connectivity index (χ1) is 5.43. The summed E-state index contributed by atoms with van der Waals surface area (Å²) in [6, 6.07) is 3.90. The largest absolute Gasteiger partial charge is 0.264 e. The van der Waals surface area contributed by atoms with Crippen LogP contribution in [0, 0.1) is 0 Å². The number of nitrogens with zero attached hydrogens (tertiary/aromatic N) is 1. The average molecular weight is 168 g/mol. The standard InChI is InChI=1S/C8H10NOS/c10-5-2-6-11-8-3-1-4-9-7-8/h1,3-4,7H,2,5-6H2. The molecule has 0 atom stereocenters. The second-order valence-electron chi connectivity index (χ2n) is 2.09. The molecule has 0 amide bonds. The van der Waals surface area contributed by atoms with Crippen LogP contribution in [-0.2, 0) is 5.11 Å². The van der Waals surface area contributed by atoms with Gasteiger partial charge in [-0.15, -0.1) is 11.8 Å². The zero-order valence-electron chi connectivity index (χ0n) is 6.19. The number of thioether (sulfide) groups is 1. The summed E-state index contributed by atoms with van der Waals surface area (Å²) in [7, 11) is 0. The van der Waals surface area contributed by atoms with Gasteiger partial charge in [0.05, 0.1) is 6.61 Å². The zero-order chi connectivity index (χ0) is 7.94. The third kappa shape index (κ3) is 3.39. The molecule has 1 rings (SSSR count). The molecule has 59 valence electrons. The fourth-order valence-corrected chi connectivity index (χ4v) is 1.49. The van der Waals surface area contributed by atoms with Crippen molar-refractivity contribution in [2.45, 2.75) is 11.3 Å². The van der Waals surface area contributed by atoms with Crippen molar-refractivity contribution in [2.24, 2.45) is 0 Å². The predicted octanol–water partition coefficient (Wildman–Crippen LogP) is 1.99. The van der Waals surface area contributed by atoms with Gasteiger partial charge in [0.25, 0.3) is 0 Å². The quantitative estimate of drug-likeness (QED) is 0.509. The third-order valence-corrected chi connectivity index (χ3v) is 2.26. The van der Waals surface area contributed by atoms with Crippen molar-refractivity contribution in [3.63, 3.8) is 0 Å². The van der Waals surface area contributed by atoms with E-state index in [4.69, 9.17) is 0 Å². The minimum atomic E-state index is 0.0211. The highest BCUT2D eigenvalue weighted by atomic mass is 32.2. The van der Waals surface area contributed by atoms with Crippen molar-refractivity contribution >= 4 is 11.8 Å². The first-order valence-corrected chi connectivity index (χ1v) is 4.53. The number of hydrogen-bond donors (Lipinski definition) is 0. The summed E-state index contributed by atoms with van der Waals surface area (Å²) in [6.45, 7) is 0.0211. The third-order valence-electron chi connectivity index (χ3n) is 1.19. The van der Waals surface area contributed by atoms with Gasteiger partial charge in [0, 0.05) is 23.0 Å². The molecule has 2 nitrogen and oxygen atoms in total. The molecule has 0 spiro atoms. The van der Waals surface area contributed by atoms with Crippen molar-refractivity contribution in [3.05, 3.63) is 24.5 Å². The van der Waals surface area contributed by atoms with Crippen LogP contribution in [0.4, 0.5) is 0 Å². The Hall–Kier alpha value is -0.540. The van der Waals surface area contributed by atoms with Crippen molar-refractivity contribution < 1.29 is 5.11 Å².